The third-order valence-corrected chi connectivity index (χ3v) is 3.09. The van der Waals surface area contributed by atoms with Crippen LogP contribution in [0.15, 0.2) is 23.1 Å². The Morgan fingerprint density at radius 1 is 1.58 bits per heavy atom. The summed E-state index contributed by atoms with van der Waals surface area (Å²) in [6.07, 6.45) is 2.48. The maximum Gasteiger partial charge on any atom is 0.0620 e. The second kappa shape index (κ2) is 5.50. The molecule has 0 spiro atoms. The normalized spacial score (nSPS) is 10.2. The zero-order chi connectivity index (χ0) is 8.81. The van der Waals surface area contributed by atoms with E-state index in [0.29, 0.717) is 0 Å². The van der Waals surface area contributed by atoms with Crippen molar-refractivity contribution in [2.45, 2.75) is 24.7 Å². The van der Waals surface area contributed by atoms with Crippen molar-refractivity contribution in [3.63, 3.8) is 0 Å². The van der Waals surface area contributed by atoms with Gasteiger partial charge >= 0.3 is 0 Å². The zero-order valence-corrected chi connectivity index (χ0v) is 8.71. The van der Waals surface area contributed by atoms with Crippen LogP contribution in [-0.4, -0.2) is 5.75 Å². The Hall–Kier alpha value is -0.140. The molecule has 0 amide bonds. The molecule has 2 heteroatoms. The number of rotatable bonds is 4. The van der Waals surface area contributed by atoms with Gasteiger partial charge in [0.05, 0.1) is 5.02 Å². The SMILES string of the molecule is CCCCSc1ccc[c]c1Cl. The van der Waals surface area contributed by atoms with E-state index in [0.717, 1.165) is 15.7 Å². The summed E-state index contributed by atoms with van der Waals surface area (Å²) in [4.78, 5) is 1.15. The molecule has 0 unspecified atom stereocenters. The first-order valence-corrected chi connectivity index (χ1v) is 5.50. The molecule has 0 atom stereocenters. The molecule has 1 rings (SSSR count). The van der Waals surface area contributed by atoms with Crippen LogP contribution in [0.5, 0.6) is 0 Å². The van der Waals surface area contributed by atoms with E-state index in [4.69, 9.17) is 11.6 Å². The highest BCUT2D eigenvalue weighted by atomic mass is 35.5. The molecule has 0 aromatic heterocycles. The number of thioether (sulfide) groups is 1. The molecule has 0 saturated carbocycles. The minimum absolute atomic E-state index is 0.749. The summed E-state index contributed by atoms with van der Waals surface area (Å²) in [5, 5.41) is 0.749. The molecule has 0 bridgehead atoms. The predicted molar refractivity (Wildman–Crippen MR) is 55.9 cm³/mol. The lowest BCUT2D eigenvalue weighted by atomic mass is 10.4. The van der Waals surface area contributed by atoms with Gasteiger partial charge in [0.15, 0.2) is 0 Å². The molecule has 0 aliphatic heterocycles. The highest BCUT2D eigenvalue weighted by Crippen LogP contribution is 2.26. The molecule has 0 fully saturated rings. The smallest absolute Gasteiger partial charge is 0.0620 e. The molecule has 0 aliphatic carbocycles. The van der Waals surface area contributed by atoms with E-state index in [1.165, 1.54) is 12.8 Å². The third kappa shape index (κ3) is 3.08. The van der Waals surface area contributed by atoms with Gasteiger partial charge in [-0.1, -0.05) is 37.1 Å². The largest absolute Gasteiger partial charge is 0.125 e. The van der Waals surface area contributed by atoms with Crippen molar-refractivity contribution in [2.75, 3.05) is 5.75 Å². The fraction of sp³-hybridized carbons (Fsp3) is 0.400. The van der Waals surface area contributed by atoms with Crippen LogP contribution < -0.4 is 0 Å². The van der Waals surface area contributed by atoms with Crippen molar-refractivity contribution in [3.05, 3.63) is 29.3 Å². The molecule has 1 aromatic rings. The quantitative estimate of drug-likeness (QED) is 0.521. The van der Waals surface area contributed by atoms with Crippen LogP contribution in [-0.2, 0) is 0 Å². The van der Waals surface area contributed by atoms with Gasteiger partial charge in [-0.2, -0.15) is 0 Å². The lowest BCUT2D eigenvalue weighted by Crippen LogP contribution is -1.79. The Labute approximate surface area is 83.3 Å². The second-order valence-electron chi connectivity index (χ2n) is 2.55. The topological polar surface area (TPSA) is 0 Å². The summed E-state index contributed by atoms with van der Waals surface area (Å²) in [5.41, 5.74) is 0. The van der Waals surface area contributed by atoms with Gasteiger partial charge in [0.25, 0.3) is 0 Å². The first kappa shape index (κ1) is 9.94. The van der Waals surface area contributed by atoms with Gasteiger partial charge in [0.1, 0.15) is 0 Å². The Balaban J connectivity index is 2.46. The average molecular weight is 200 g/mol. The van der Waals surface area contributed by atoms with Crippen LogP contribution in [0.2, 0.25) is 5.02 Å². The monoisotopic (exact) mass is 199 g/mol. The molecule has 0 aliphatic rings. The van der Waals surface area contributed by atoms with E-state index in [-0.39, 0.29) is 0 Å². The molecule has 65 valence electrons. The number of hydrogen-bond donors (Lipinski definition) is 0. The number of benzene rings is 1. The maximum absolute atomic E-state index is 5.93. The van der Waals surface area contributed by atoms with Crippen molar-refractivity contribution in [1.29, 1.82) is 0 Å². The fourth-order valence-electron chi connectivity index (χ4n) is 0.839. The molecule has 12 heavy (non-hydrogen) atoms. The molecule has 0 N–H and O–H groups in total. The van der Waals surface area contributed by atoms with E-state index in [1.54, 1.807) is 0 Å². The molecular formula is C10H12ClS. The third-order valence-electron chi connectivity index (χ3n) is 1.53. The van der Waals surface area contributed by atoms with E-state index in [9.17, 15) is 0 Å². The maximum atomic E-state index is 5.93. The number of hydrogen-bond acceptors (Lipinski definition) is 1. The van der Waals surface area contributed by atoms with Gasteiger partial charge in [-0.25, -0.2) is 0 Å². The summed E-state index contributed by atoms with van der Waals surface area (Å²) in [5.74, 6) is 1.15. The molecule has 1 radical (unpaired) electrons. The highest BCUT2D eigenvalue weighted by molar-refractivity contribution is 7.99. The van der Waals surface area contributed by atoms with Crippen LogP contribution in [0.3, 0.4) is 0 Å². The second-order valence-corrected chi connectivity index (χ2v) is 4.07. The number of halogens is 1. The summed E-state index contributed by atoms with van der Waals surface area (Å²) in [7, 11) is 0. The molecule has 0 saturated heterocycles. The van der Waals surface area contributed by atoms with Gasteiger partial charge in [0.2, 0.25) is 0 Å². The summed E-state index contributed by atoms with van der Waals surface area (Å²) >= 11 is 7.74. The summed E-state index contributed by atoms with van der Waals surface area (Å²) in [6.45, 7) is 2.19. The lowest BCUT2D eigenvalue weighted by molar-refractivity contribution is 0.896. The molecule has 0 heterocycles. The molecular weight excluding hydrogens is 188 g/mol. The first-order chi connectivity index (χ1) is 5.84. The van der Waals surface area contributed by atoms with Crippen LogP contribution in [0.4, 0.5) is 0 Å². The van der Waals surface area contributed by atoms with Crippen LogP contribution >= 0.6 is 23.4 Å². The summed E-state index contributed by atoms with van der Waals surface area (Å²) < 4.78 is 0. The zero-order valence-electron chi connectivity index (χ0n) is 7.14. The van der Waals surface area contributed by atoms with E-state index in [1.807, 2.05) is 30.0 Å². The minimum Gasteiger partial charge on any atom is -0.125 e. The summed E-state index contributed by atoms with van der Waals surface area (Å²) in [6, 6.07) is 8.82. The Morgan fingerprint density at radius 2 is 2.42 bits per heavy atom. The van der Waals surface area contributed by atoms with Crippen molar-refractivity contribution in [1.82, 2.24) is 0 Å². The Kier molecular flexibility index (Phi) is 4.55. The molecule has 0 nitrogen and oxygen atoms in total. The lowest BCUT2D eigenvalue weighted by Gasteiger charge is -2.01. The van der Waals surface area contributed by atoms with Gasteiger partial charge in [-0.05, 0) is 18.2 Å². The van der Waals surface area contributed by atoms with Crippen molar-refractivity contribution < 1.29 is 0 Å². The number of unbranched alkanes of at least 4 members (excludes halogenated alkanes) is 1. The van der Waals surface area contributed by atoms with Crippen LogP contribution in [0.25, 0.3) is 0 Å². The van der Waals surface area contributed by atoms with Crippen LogP contribution in [0.1, 0.15) is 19.8 Å². The van der Waals surface area contributed by atoms with Gasteiger partial charge in [-0.15, -0.1) is 11.8 Å². The highest BCUT2D eigenvalue weighted by Gasteiger charge is 1.97. The van der Waals surface area contributed by atoms with Gasteiger partial charge < -0.3 is 0 Å². The van der Waals surface area contributed by atoms with E-state index >= 15 is 0 Å². The van der Waals surface area contributed by atoms with Gasteiger partial charge in [0, 0.05) is 11.0 Å². The van der Waals surface area contributed by atoms with Crippen LogP contribution in [0, 0.1) is 6.07 Å². The molecule has 1 aromatic carbocycles. The van der Waals surface area contributed by atoms with E-state index in [2.05, 4.69) is 13.0 Å². The van der Waals surface area contributed by atoms with Crippen molar-refractivity contribution >= 4 is 23.4 Å². The Bertz CT molecular complexity index is 235. The van der Waals surface area contributed by atoms with Gasteiger partial charge in [-0.3, -0.25) is 0 Å². The Morgan fingerprint density at radius 3 is 3.08 bits per heavy atom. The van der Waals surface area contributed by atoms with Crippen molar-refractivity contribution in [2.24, 2.45) is 0 Å². The predicted octanol–water partition coefficient (Wildman–Crippen LogP) is 4.03. The minimum atomic E-state index is 0.749. The van der Waals surface area contributed by atoms with Crippen molar-refractivity contribution in [3.8, 4) is 0 Å². The fourth-order valence-corrected chi connectivity index (χ4v) is 2.14. The standard InChI is InChI=1S/C10H12ClS/c1-2-3-8-12-10-7-5-4-6-9(10)11/h4-5,7H,2-3,8H2,1H3. The first-order valence-electron chi connectivity index (χ1n) is 4.13. The van der Waals surface area contributed by atoms with E-state index < -0.39 is 0 Å². The average Bonchev–Trinajstić information content (AvgIpc) is 2.09.